The van der Waals surface area contributed by atoms with E-state index in [0.717, 1.165) is 11.8 Å². The highest BCUT2D eigenvalue weighted by molar-refractivity contribution is 4.59. The van der Waals surface area contributed by atoms with Crippen molar-refractivity contribution in [1.29, 1.82) is 0 Å². The number of rotatable bonds is 34. The van der Waals surface area contributed by atoms with Crippen LogP contribution in [0.3, 0.4) is 0 Å². The lowest BCUT2D eigenvalue weighted by atomic mass is 9.93. The highest BCUT2D eigenvalue weighted by Crippen LogP contribution is 2.21. The summed E-state index contributed by atoms with van der Waals surface area (Å²) >= 11 is 0. The molecular weight excluding hydrogens is 468 g/mol. The van der Waals surface area contributed by atoms with Crippen molar-refractivity contribution in [2.75, 3.05) is 0 Å². The first-order valence-electron chi connectivity index (χ1n) is 19.2. The van der Waals surface area contributed by atoms with Crippen LogP contribution in [0.1, 0.15) is 240 Å². The molecule has 0 nitrogen and oxygen atoms in total. The Morgan fingerprint density at radius 3 is 0.590 bits per heavy atom. The summed E-state index contributed by atoms with van der Waals surface area (Å²) in [6.07, 6.45) is 48.6. The molecular formula is C39H80. The van der Waals surface area contributed by atoms with Crippen LogP contribution in [0.4, 0.5) is 0 Å². The fourth-order valence-corrected chi connectivity index (χ4v) is 6.47. The minimum Gasteiger partial charge on any atom is -0.0654 e. The first-order chi connectivity index (χ1) is 19.2. The van der Waals surface area contributed by atoms with Gasteiger partial charge in [0.1, 0.15) is 0 Å². The standard InChI is InChI=1S/C39H80/c1-5-7-9-11-13-15-17-18-19-20-21-22-24-26-28-31-35-39(4)37-33-29-32-36-38(3)34-30-27-25-23-16-14-12-10-8-6-2/h38-39H,5-37H2,1-4H3. The van der Waals surface area contributed by atoms with Crippen LogP contribution in [0.15, 0.2) is 0 Å². The van der Waals surface area contributed by atoms with Gasteiger partial charge in [-0.1, -0.05) is 240 Å². The maximum absolute atomic E-state index is 2.51. The second-order valence-electron chi connectivity index (χ2n) is 13.9. The van der Waals surface area contributed by atoms with Crippen LogP contribution in [0, 0.1) is 11.8 Å². The molecule has 0 saturated carbocycles. The van der Waals surface area contributed by atoms with Crippen molar-refractivity contribution in [1.82, 2.24) is 0 Å². The Labute approximate surface area is 251 Å². The summed E-state index contributed by atoms with van der Waals surface area (Å²) in [5.74, 6) is 1.92. The third-order valence-electron chi connectivity index (χ3n) is 9.49. The molecule has 0 heterocycles. The van der Waals surface area contributed by atoms with Gasteiger partial charge in [-0.25, -0.2) is 0 Å². The van der Waals surface area contributed by atoms with Crippen LogP contribution >= 0.6 is 0 Å². The minimum atomic E-state index is 0.959. The van der Waals surface area contributed by atoms with E-state index in [1.54, 1.807) is 0 Å². The normalized spacial score (nSPS) is 13.2. The van der Waals surface area contributed by atoms with Crippen LogP contribution in [0.25, 0.3) is 0 Å². The Morgan fingerprint density at radius 1 is 0.231 bits per heavy atom. The molecule has 0 rings (SSSR count). The largest absolute Gasteiger partial charge is 0.0654 e. The van der Waals surface area contributed by atoms with Crippen molar-refractivity contribution in [3.63, 3.8) is 0 Å². The molecule has 0 aliphatic rings. The zero-order valence-corrected chi connectivity index (χ0v) is 28.5. The first-order valence-corrected chi connectivity index (χ1v) is 19.2. The van der Waals surface area contributed by atoms with Gasteiger partial charge >= 0.3 is 0 Å². The summed E-state index contributed by atoms with van der Waals surface area (Å²) in [5.41, 5.74) is 0. The molecule has 0 radical (unpaired) electrons. The van der Waals surface area contributed by atoms with Crippen molar-refractivity contribution in [3.05, 3.63) is 0 Å². The molecule has 0 N–H and O–H groups in total. The van der Waals surface area contributed by atoms with Gasteiger partial charge in [-0.2, -0.15) is 0 Å². The maximum atomic E-state index is 2.51. The molecule has 0 bridgehead atoms. The fourth-order valence-electron chi connectivity index (χ4n) is 6.47. The Hall–Kier alpha value is 0. The predicted octanol–water partition coefficient (Wildman–Crippen LogP) is 15.2. The van der Waals surface area contributed by atoms with E-state index in [2.05, 4.69) is 27.7 Å². The van der Waals surface area contributed by atoms with Crippen molar-refractivity contribution in [2.45, 2.75) is 240 Å². The van der Waals surface area contributed by atoms with Crippen LogP contribution in [0.2, 0.25) is 0 Å². The van der Waals surface area contributed by atoms with Crippen LogP contribution in [0.5, 0.6) is 0 Å². The second-order valence-corrected chi connectivity index (χ2v) is 13.9. The smallest absolute Gasteiger partial charge is 0.0443 e. The van der Waals surface area contributed by atoms with Gasteiger partial charge in [0.15, 0.2) is 0 Å². The molecule has 0 amide bonds. The topological polar surface area (TPSA) is 0 Å². The quantitative estimate of drug-likeness (QED) is 0.0701. The lowest BCUT2D eigenvalue weighted by molar-refractivity contribution is 0.407. The van der Waals surface area contributed by atoms with E-state index in [1.807, 2.05) is 0 Å². The molecule has 0 spiro atoms. The molecule has 2 unspecified atom stereocenters. The average molecular weight is 549 g/mol. The maximum Gasteiger partial charge on any atom is -0.0443 e. The van der Waals surface area contributed by atoms with Gasteiger partial charge < -0.3 is 0 Å². The molecule has 2 atom stereocenters. The molecule has 0 aliphatic carbocycles. The summed E-state index contributed by atoms with van der Waals surface area (Å²) in [7, 11) is 0. The minimum absolute atomic E-state index is 0.959. The van der Waals surface area contributed by atoms with Crippen LogP contribution < -0.4 is 0 Å². The van der Waals surface area contributed by atoms with E-state index >= 15 is 0 Å². The Bertz CT molecular complexity index is 412. The van der Waals surface area contributed by atoms with Gasteiger partial charge in [0, 0.05) is 0 Å². The summed E-state index contributed by atoms with van der Waals surface area (Å²) in [6, 6.07) is 0. The zero-order chi connectivity index (χ0) is 28.5. The van der Waals surface area contributed by atoms with Gasteiger partial charge in [0.2, 0.25) is 0 Å². The molecule has 0 aromatic carbocycles. The molecule has 0 heteroatoms. The lowest BCUT2D eigenvalue weighted by Gasteiger charge is -2.13. The van der Waals surface area contributed by atoms with Crippen LogP contribution in [-0.2, 0) is 0 Å². The first kappa shape index (κ1) is 39.0. The Balaban J connectivity index is 3.24. The van der Waals surface area contributed by atoms with Gasteiger partial charge in [-0.15, -0.1) is 0 Å². The van der Waals surface area contributed by atoms with Crippen LogP contribution in [-0.4, -0.2) is 0 Å². The summed E-state index contributed by atoms with van der Waals surface area (Å²) < 4.78 is 0. The fraction of sp³-hybridized carbons (Fsp3) is 1.00. The third-order valence-corrected chi connectivity index (χ3v) is 9.49. The van der Waals surface area contributed by atoms with E-state index in [-0.39, 0.29) is 0 Å². The SMILES string of the molecule is CCCCCCCCCCCCCCCCCCC(C)CCCCCC(C)CCCCCCCCCCCC. The van der Waals surface area contributed by atoms with Crippen molar-refractivity contribution in [2.24, 2.45) is 11.8 Å². The lowest BCUT2D eigenvalue weighted by Crippen LogP contribution is -1.97. The molecule has 0 aromatic heterocycles. The molecule has 236 valence electrons. The second kappa shape index (κ2) is 34.2. The number of unbranched alkanes of at least 4 members (excludes halogenated alkanes) is 26. The molecule has 39 heavy (non-hydrogen) atoms. The highest BCUT2D eigenvalue weighted by atomic mass is 14.1. The number of hydrogen-bond acceptors (Lipinski definition) is 0. The summed E-state index contributed by atoms with van der Waals surface area (Å²) in [5, 5.41) is 0. The molecule has 0 saturated heterocycles. The van der Waals surface area contributed by atoms with Crippen molar-refractivity contribution in [3.8, 4) is 0 Å². The molecule has 0 fully saturated rings. The van der Waals surface area contributed by atoms with E-state index in [1.165, 1.54) is 212 Å². The zero-order valence-electron chi connectivity index (χ0n) is 28.5. The van der Waals surface area contributed by atoms with Gasteiger partial charge in [-0.05, 0) is 11.8 Å². The monoisotopic (exact) mass is 549 g/mol. The molecule has 0 aliphatic heterocycles. The van der Waals surface area contributed by atoms with Crippen molar-refractivity contribution < 1.29 is 0 Å². The van der Waals surface area contributed by atoms with Gasteiger partial charge in [-0.3, -0.25) is 0 Å². The number of hydrogen-bond donors (Lipinski definition) is 0. The third kappa shape index (κ3) is 34.1. The summed E-state index contributed by atoms with van der Waals surface area (Å²) in [6.45, 7) is 9.64. The van der Waals surface area contributed by atoms with Crippen molar-refractivity contribution >= 4 is 0 Å². The Kier molecular flexibility index (Phi) is 34.2. The van der Waals surface area contributed by atoms with Gasteiger partial charge in [0.25, 0.3) is 0 Å². The van der Waals surface area contributed by atoms with E-state index in [4.69, 9.17) is 0 Å². The average Bonchev–Trinajstić information content (AvgIpc) is 2.93. The Morgan fingerprint density at radius 2 is 0.385 bits per heavy atom. The highest BCUT2D eigenvalue weighted by Gasteiger charge is 2.05. The molecule has 0 aromatic rings. The van der Waals surface area contributed by atoms with E-state index < -0.39 is 0 Å². The van der Waals surface area contributed by atoms with Gasteiger partial charge in [0.05, 0.1) is 0 Å². The predicted molar refractivity (Wildman–Crippen MR) is 182 cm³/mol. The van der Waals surface area contributed by atoms with E-state index in [0.29, 0.717) is 0 Å². The summed E-state index contributed by atoms with van der Waals surface area (Å²) in [4.78, 5) is 0. The van der Waals surface area contributed by atoms with E-state index in [9.17, 15) is 0 Å².